The second-order valence-electron chi connectivity index (χ2n) is 9.68. The van der Waals surface area contributed by atoms with Gasteiger partial charge in [-0.3, -0.25) is 4.79 Å². The minimum absolute atomic E-state index is 0.0114. The maximum absolute atomic E-state index is 13.1. The van der Waals surface area contributed by atoms with E-state index >= 15 is 0 Å². The number of amides is 3. The van der Waals surface area contributed by atoms with Crippen molar-refractivity contribution >= 4 is 28.8 Å². The predicted molar refractivity (Wildman–Crippen MR) is 146 cm³/mol. The number of aliphatic hydroxyl groups excluding tert-OH is 1. The number of aromatic nitrogens is 3. The molecule has 0 atom stereocenters. The zero-order valence-corrected chi connectivity index (χ0v) is 22.3. The summed E-state index contributed by atoms with van der Waals surface area (Å²) in [5.41, 5.74) is 5.80. The third kappa shape index (κ3) is 6.62. The van der Waals surface area contributed by atoms with E-state index in [2.05, 4.69) is 46.8 Å². The zero-order chi connectivity index (χ0) is 27.2. The molecule has 2 heterocycles. The van der Waals surface area contributed by atoms with Crippen LogP contribution in [0.3, 0.4) is 0 Å². The van der Waals surface area contributed by atoms with Crippen molar-refractivity contribution < 1.29 is 14.7 Å². The second kappa shape index (κ2) is 11.8. The molecule has 37 heavy (non-hydrogen) atoms. The molecule has 3 amide bonds. The third-order valence-electron chi connectivity index (χ3n) is 6.06. The van der Waals surface area contributed by atoms with E-state index in [-0.39, 0.29) is 24.5 Å². The van der Waals surface area contributed by atoms with Gasteiger partial charge in [0.2, 0.25) is 0 Å². The standard InChI is InChI=1S/C28H36N6O3/c1-7-21(23-17-24(32-27(37)30-14-16-35)25-29-13-15-34(25)33-23)18(3)22(8-2)31-26(36)19-9-11-20(12-10-19)28(4,5)6/h7,9-13,15,17,35H,8,14,16H2,1-6H3,(H,31,36)(H2,30,32,37)/b21-7+,22-18+. The molecule has 0 fully saturated rings. The van der Waals surface area contributed by atoms with E-state index in [0.717, 1.165) is 22.4 Å². The van der Waals surface area contributed by atoms with Crippen molar-refractivity contribution in [1.82, 2.24) is 25.2 Å². The number of hydrogen-bond acceptors (Lipinski definition) is 5. The molecule has 0 aliphatic carbocycles. The Morgan fingerprint density at radius 1 is 1.16 bits per heavy atom. The molecule has 0 bridgehead atoms. The number of urea groups is 1. The number of anilines is 1. The Morgan fingerprint density at radius 3 is 2.46 bits per heavy atom. The van der Waals surface area contributed by atoms with Crippen molar-refractivity contribution in [1.29, 1.82) is 0 Å². The Kier molecular flexibility index (Phi) is 8.83. The van der Waals surface area contributed by atoms with E-state index in [0.29, 0.717) is 29.0 Å². The molecule has 0 saturated carbocycles. The van der Waals surface area contributed by atoms with Crippen LogP contribution in [0.5, 0.6) is 0 Å². The Hall–Kier alpha value is -3.98. The molecule has 0 radical (unpaired) electrons. The van der Waals surface area contributed by atoms with E-state index in [9.17, 15) is 9.59 Å². The summed E-state index contributed by atoms with van der Waals surface area (Å²) >= 11 is 0. The first-order valence-corrected chi connectivity index (χ1v) is 12.4. The largest absolute Gasteiger partial charge is 0.395 e. The molecule has 196 valence electrons. The highest BCUT2D eigenvalue weighted by Gasteiger charge is 2.18. The minimum atomic E-state index is -0.454. The average molecular weight is 505 g/mol. The maximum atomic E-state index is 13.1. The van der Waals surface area contributed by atoms with Crippen molar-refractivity contribution in [3.63, 3.8) is 0 Å². The number of imidazole rings is 1. The Bertz CT molecular complexity index is 1330. The number of nitrogens with zero attached hydrogens (tertiary/aromatic N) is 3. The van der Waals surface area contributed by atoms with Crippen molar-refractivity contribution in [3.8, 4) is 0 Å². The van der Waals surface area contributed by atoms with Crippen LogP contribution >= 0.6 is 0 Å². The number of benzene rings is 1. The molecule has 1 aromatic carbocycles. The van der Waals surface area contributed by atoms with Gasteiger partial charge in [-0.15, -0.1) is 0 Å². The fourth-order valence-corrected chi connectivity index (χ4v) is 3.97. The Balaban J connectivity index is 1.92. The van der Waals surface area contributed by atoms with Crippen molar-refractivity contribution in [2.45, 2.75) is 53.4 Å². The molecule has 0 aliphatic rings. The van der Waals surface area contributed by atoms with Gasteiger partial charge in [-0.1, -0.05) is 45.9 Å². The van der Waals surface area contributed by atoms with Gasteiger partial charge >= 0.3 is 6.03 Å². The van der Waals surface area contributed by atoms with Gasteiger partial charge in [0, 0.05) is 35.8 Å². The van der Waals surface area contributed by atoms with Crippen LogP contribution < -0.4 is 16.0 Å². The monoisotopic (exact) mass is 504 g/mol. The lowest BCUT2D eigenvalue weighted by Gasteiger charge is -2.19. The van der Waals surface area contributed by atoms with Crippen LogP contribution in [-0.2, 0) is 5.41 Å². The first-order valence-electron chi connectivity index (χ1n) is 12.4. The number of aliphatic hydroxyl groups is 1. The Morgan fingerprint density at radius 2 is 1.86 bits per heavy atom. The maximum Gasteiger partial charge on any atom is 0.319 e. The van der Waals surface area contributed by atoms with Gasteiger partial charge in [0.1, 0.15) is 0 Å². The molecule has 2 aromatic heterocycles. The van der Waals surface area contributed by atoms with Crippen LogP contribution in [0.1, 0.15) is 69.6 Å². The van der Waals surface area contributed by atoms with Crippen LogP contribution in [0.25, 0.3) is 11.2 Å². The van der Waals surface area contributed by atoms with E-state index < -0.39 is 6.03 Å². The van der Waals surface area contributed by atoms with Gasteiger partial charge in [-0.2, -0.15) is 5.10 Å². The lowest BCUT2D eigenvalue weighted by molar-refractivity contribution is 0.0964. The van der Waals surface area contributed by atoms with Crippen molar-refractivity contribution in [3.05, 3.63) is 76.9 Å². The molecular formula is C28H36N6O3. The molecule has 3 rings (SSSR count). The van der Waals surface area contributed by atoms with Crippen LogP contribution in [-0.4, -0.2) is 44.8 Å². The topological polar surface area (TPSA) is 121 Å². The van der Waals surface area contributed by atoms with E-state index in [1.54, 1.807) is 23.0 Å². The summed E-state index contributed by atoms with van der Waals surface area (Å²) in [6.45, 7) is 12.2. The number of allylic oxidation sites excluding steroid dienone is 4. The normalized spacial score (nSPS) is 12.8. The van der Waals surface area contributed by atoms with Crippen LogP contribution in [0.2, 0.25) is 0 Å². The predicted octanol–water partition coefficient (Wildman–Crippen LogP) is 4.66. The highest BCUT2D eigenvalue weighted by Crippen LogP contribution is 2.28. The van der Waals surface area contributed by atoms with Crippen LogP contribution in [0, 0.1) is 0 Å². The number of rotatable bonds is 8. The van der Waals surface area contributed by atoms with Gasteiger partial charge in [0.05, 0.1) is 18.0 Å². The summed E-state index contributed by atoms with van der Waals surface area (Å²) in [4.78, 5) is 29.6. The van der Waals surface area contributed by atoms with E-state index in [4.69, 9.17) is 5.11 Å². The first kappa shape index (κ1) is 27.6. The fraction of sp³-hybridized carbons (Fsp3) is 0.357. The van der Waals surface area contributed by atoms with Gasteiger partial charge in [-0.05, 0) is 55.0 Å². The minimum Gasteiger partial charge on any atom is -0.395 e. The SMILES string of the molecule is C/C=C(\C(C)=C(/CC)NC(=O)c1ccc(C(C)(C)C)cc1)c1cc(NC(=O)NCCO)c2nccn2n1. The van der Waals surface area contributed by atoms with Crippen molar-refractivity contribution in [2.24, 2.45) is 0 Å². The first-order chi connectivity index (χ1) is 17.6. The van der Waals surface area contributed by atoms with E-state index in [1.807, 2.05) is 51.1 Å². The van der Waals surface area contributed by atoms with Gasteiger partial charge in [0.25, 0.3) is 5.91 Å². The average Bonchev–Trinajstić information content (AvgIpc) is 3.35. The number of fused-ring (bicyclic) bond motifs is 1. The quantitative estimate of drug-likeness (QED) is 0.333. The molecule has 0 unspecified atom stereocenters. The smallest absolute Gasteiger partial charge is 0.319 e. The van der Waals surface area contributed by atoms with Crippen LogP contribution in [0.15, 0.2) is 60.1 Å². The lowest BCUT2D eigenvalue weighted by atomic mass is 9.86. The summed E-state index contributed by atoms with van der Waals surface area (Å²) in [5.74, 6) is -0.173. The van der Waals surface area contributed by atoms with Gasteiger partial charge in [0.15, 0.2) is 5.65 Å². The van der Waals surface area contributed by atoms with Crippen molar-refractivity contribution in [2.75, 3.05) is 18.5 Å². The molecule has 0 spiro atoms. The number of hydrogen-bond donors (Lipinski definition) is 4. The van der Waals surface area contributed by atoms with Gasteiger partial charge < -0.3 is 21.1 Å². The molecule has 0 saturated heterocycles. The number of carbonyl (C=O) groups is 2. The third-order valence-corrected chi connectivity index (χ3v) is 6.06. The molecular weight excluding hydrogens is 468 g/mol. The molecule has 9 heteroatoms. The number of carbonyl (C=O) groups excluding carboxylic acids is 2. The molecule has 0 aliphatic heterocycles. The summed E-state index contributed by atoms with van der Waals surface area (Å²) in [6, 6.07) is 8.98. The fourth-order valence-electron chi connectivity index (χ4n) is 3.97. The molecule has 4 N–H and O–H groups in total. The van der Waals surface area contributed by atoms with E-state index in [1.165, 1.54) is 0 Å². The Labute approximate surface area is 217 Å². The molecule has 3 aromatic rings. The zero-order valence-electron chi connectivity index (χ0n) is 22.3. The summed E-state index contributed by atoms with van der Waals surface area (Å²) in [6.07, 6.45) is 5.84. The summed E-state index contributed by atoms with van der Waals surface area (Å²) in [7, 11) is 0. The number of nitrogens with one attached hydrogen (secondary N) is 3. The molecule has 9 nitrogen and oxygen atoms in total. The highest BCUT2D eigenvalue weighted by atomic mass is 16.3. The summed E-state index contributed by atoms with van der Waals surface area (Å²) in [5, 5.41) is 22.1. The second-order valence-corrected chi connectivity index (χ2v) is 9.68. The van der Waals surface area contributed by atoms with Gasteiger partial charge in [-0.25, -0.2) is 14.3 Å². The highest BCUT2D eigenvalue weighted by molar-refractivity contribution is 5.96. The van der Waals surface area contributed by atoms with Crippen LogP contribution in [0.4, 0.5) is 10.5 Å². The summed E-state index contributed by atoms with van der Waals surface area (Å²) < 4.78 is 1.59. The lowest BCUT2D eigenvalue weighted by Crippen LogP contribution is -2.31.